The molecule has 0 radical (unpaired) electrons. The SMILES string of the molecule is O=C1NCC(c2ccc(-c3cnc(C45CC6CC(CC(C6)C4)C5)s3)cc2)N1c1ccc2c(c1)N=CC2. The van der Waals surface area contributed by atoms with Gasteiger partial charge in [0.1, 0.15) is 0 Å². The lowest BCUT2D eigenvalue weighted by atomic mass is 9.50. The zero-order valence-corrected chi connectivity index (χ0v) is 21.1. The number of benzene rings is 2. The first-order valence-corrected chi connectivity index (χ1v) is 14.2. The molecule has 1 N–H and O–H groups in total. The van der Waals surface area contributed by atoms with Gasteiger partial charge in [0, 0.05) is 36.5 Å². The molecule has 182 valence electrons. The van der Waals surface area contributed by atoms with Gasteiger partial charge in [-0.15, -0.1) is 11.3 Å². The number of hydrogen-bond donors (Lipinski definition) is 1. The molecule has 1 atom stereocenters. The molecule has 3 aromatic rings. The third-order valence-corrected chi connectivity index (χ3v) is 10.7. The van der Waals surface area contributed by atoms with E-state index in [-0.39, 0.29) is 12.1 Å². The Balaban J connectivity index is 1.06. The fourth-order valence-corrected chi connectivity index (χ4v) is 9.34. The number of amides is 2. The number of carbonyl (C=O) groups is 1. The second-order valence-electron chi connectivity index (χ2n) is 11.8. The minimum Gasteiger partial charge on any atom is -0.335 e. The van der Waals surface area contributed by atoms with E-state index >= 15 is 0 Å². The number of rotatable bonds is 4. The number of carbonyl (C=O) groups excluding carboxylic acids is 1. The van der Waals surface area contributed by atoms with Crippen molar-refractivity contribution in [1.29, 1.82) is 0 Å². The fourth-order valence-electron chi connectivity index (χ4n) is 8.20. The normalized spacial score (nSPS) is 31.8. The Hall–Kier alpha value is -2.99. The molecular weight excluding hydrogens is 464 g/mol. The topological polar surface area (TPSA) is 57.6 Å². The van der Waals surface area contributed by atoms with Gasteiger partial charge in [-0.25, -0.2) is 9.78 Å². The minimum absolute atomic E-state index is 0.0287. The van der Waals surface area contributed by atoms with E-state index in [9.17, 15) is 4.79 Å². The lowest BCUT2D eigenvalue weighted by Gasteiger charge is -2.56. The predicted molar refractivity (Wildman–Crippen MR) is 144 cm³/mol. The molecule has 6 aliphatic rings. The average Bonchev–Trinajstić information content (AvgIpc) is 3.63. The highest BCUT2D eigenvalue weighted by Gasteiger charge is 2.53. The van der Waals surface area contributed by atoms with Crippen LogP contribution in [0.1, 0.15) is 60.7 Å². The third-order valence-electron chi connectivity index (χ3n) is 9.44. The first-order valence-electron chi connectivity index (χ1n) is 13.4. The van der Waals surface area contributed by atoms with Gasteiger partial charge < -0.3 is 5.32 Å². The van der Waals surface area contributed by atoms with Crippen LogP contribution in [-0.2, 0) is 11.8 Å². The van der Waals surface area contributed by atoms with Crippen molar-refractivity contribution in [2.45, 2.75) is 56.4 Å². The quantitative estimate of drug-likeness (QED) is 0.433. The van der Waals surface area contributed by atoms with Crippen LogP contribution in [0.2, 0.25) is 0 Å². The highest BCUT2D eigenvalue weighted by molar-refractivity contribution is 7.15. The summed E-state index contributed by atoms with van der Waals surface area (Å²) in [6, 6.07) is 14.9. The third kappa shape index (κ3) is 3.23. The van der Waals surface area contributed by atoms with Crippen LogP contribution in [0.3, 0.4) is 0 Å². The molecule has 1 aromatic heterocycles. The smallest absolute Gasteiger partial charge is 0.322 e. The Kier molecular flexibility index (Phi) is 4.55. The van der Waals surface area contributed by atoms with Gasteiger partial charge in [-0.1, -0.05) is 30.3 Å². The number of fused-ring (bicyclic) bond motifs is 1. The van der Waals surface area contributed by atoms with E-state index in [4.69, 9.17) is 4.98 Å². The molecule has 1 unspecified atom stereocenters. The van der Waals surface area contributed by atoms with Gasteiger partial charge in [0.05, 0.1) is 21.6 Å². The predicted octanol–water partition coefficient (Wildman–Crippen LogP) is 6.81. The average molecular weight is 495 g/mol. The summed E-state index contributed by atoms with van der Waals surface area (Å²) in [4.78, 5) is 25.4. The summed E-state index contributed by atoms with van der Waals surface area (Å²) in [7, 11) is 0. The van der Waals surface area contributed by atoms with E-state index in [1.54, 1.807) is 0 Å². The van der Waals surface area contributed by atoms with E-state index in [2.05, 4.69) is 46.8 Å². The van der Waals surface area contributed by atoms with E-state index in [0.717, 1.165) is 41.1 Å². The molecule has 6 heteroatoms. The van der Waals surface area contributed by atoms with Gasteiger partial charge in [0.15, 0.2) is 0 Å². The van der Waals surface area contributed by atoms with Crippen LogP contribution in [0.25, 0.3) is 10.4 Å². The summed E-state index contributed by atoms with van der Waals surface area (Å²) < 4.78 is 0. The van der Waals surface area contributed by atoms with Crippen LogP contribution < -0.4 is 10.2 Å². The lowest BCUT2D eigenvalue weighted by molar-refractivity contribution is -0.00527. The number of thiazole rings is 1. The molecule has 4 saturated carbocycles. The van der Waals surface area contributed by atoms with Crippen molar-refractivity contribution < 1.29 is 4.79 Å². The summed E-state index contributed by atoms with van der Waals surface area (Å²) in [6.45, 7) is 0.606. The zero-order chi connectivity index (χ0) is 23.9. The Morgan fingerprint density at radius 1 is 0.972 bits per heavy atom. The van der Waals surface area contributed by atoms with E-state index in [1.807, 2.05) is 34.6 Å². The number of nitrogens with zero attached hydrogens (tertiary/aromatic N) is 3. The van der Waals surface area contributed by atoms with Gasteiger partial charge in [-0.05, 0) is 85.1 Å². The second-order valence-corrected chi connectivity index (χ2v) is 12.8. The minimum atomic E-state index is -0.0475. The molecule has 2 aromatic carbocycles. The molecule has 0 spiro atoms. The highest BCUT2D eigenvalue weighted by Crippen LogP contribution is 2.61. The van der Waals surface area contributed by atoms with Crippen LogP contribution >= 0.6 is 11.3 Å². The molecule has 36 heavy (non-hydrogen) atoms. The number of nitrogens with one attached hydrogen (secondary N) is 1. The van der Waals surface area contributed by atoms with Gasteiger partial charge in [0.25, 0.3) is 0 Å². The maximum Gasteiger partial charge on any atom is 0.322 e. The van der Waals surface area contributed by atoms with Crippen molar-refractivity contribution in [1.82, 2.24) is 10.3 Å². The maximum absolute atomic E-state index is 12.8. The molecule has 3 heterocycles. The van der Waals surface area contributed by atoms with Crippen molar-refractivity contribution in [2.24, 2.45) is 22.7 Å². The Morgan fingerprint density at radius 3 is 2.47 bits per heavy atom. The summed E-state index contributed by atoms with van der Waals surface area (Å²) in [5.74, 6) is 2.81. The Labute approximate surface area is 215 Å². The first-order chi connectivity index (χ1) is 17.6. The molecule has 5 fully saturated rings. The van der Waals surface area contributed by atoms with Crippen LogP contribution in [0.15, 0.2) is 53.7 Å². The summed E-state index contributed by atoms with van der Waals surface area (Å²) in [6.07, 6.45) is 13.4. The number of anilines is 1. The highest BCUT2D eigenvalue weighted by atomic mass is 32.1. The van der Waals surface area contributed by atoms with Gasteiger partial charge >= 0.3 is 6.03 Å². The number of urea groups is 1. The molecule has 4 bridgehead atoms. The van der Waals surface area contributed by atoms with Gasteiger partial charge in [0.2, 0.25) is 0 Å². The molecule has 2 aliphatic heterocycles. The van der Waals surface area contributed by atoms with Crippen LogP contribution in [0, 0.1) is 17.8 Å². The van der Waals surface area contributed by atoms with Crippen LogP contribution in [0.5, 0.6) is 0 Å². The first kappa shape index (κ1) is 21.1. The fraction of sp³-hybridized carbons (Fsp3) is 0.433. The van der Waals surface area contributed by atoms with Crippen molar-refractivity contribution in [2.75, 3.05) is 11.4 Å². The van der Waals surface area contributed by atoms with E-state index in [1.165, 1.54) is 59.5 Å². The maximum atomic E-state index is 12.8. The summed E-state index contributed by atoms with van der Waals surface area (Å²) in [5, 5.41) is 4.42. The number of aromatic nitrogens is 1. The molecule has 2 amide bonds. The van der Waals surface area contributed by atoms with Crippen molar-refractivity contribution in [3.63, 3.8) is 0 Å². The van der Waals surface area contributed by atoms with Crippen LogP contribution in [-0.4, -0.2) is 23.8 Å². The van der Waals surface area contributed by atoms with E-state index in [0.29, 0.717) is 12.0 Å². The molecule has 1 saturated heterocycles. The zero-order valence-electron chi connectivity index (χ0n) is 20.3. The summed E-state index contributed by atoms with van der Waals surface area (Å²) in [5.41, 5.74) is 5.82. The number of hydrogen-bond acceptors (Lipinski definition) is 4. The molecule has 5 nitrogen and oxygen atoms in total. The second kappa shape index (κ2) is 7.75. The molecule has 9 rings (SSSR count). The monoisotopic (exact) mass is 494 g/mol. The summed E-state index contributed by atoms with van der Waals surface area (Å²) >= 11 is 1.92. The Morgan fingerprint density at radius 2 is 1.72 bits per heavy atom. The largest absolute Gasteiger partial charge is 0.335 e. The van der Waals surface area contributed by atoms with Gasteiger partial charge in [-0.3, -0.25) is 9.89 Å². The standard InChI is InChI=1S/C30H30N4OS/c35-29-33-16-26(34(29)24-6-5-21-7-8-31-25(21)12-24)22-1-3-23(4-2-22)27-17-32-28(36-27)30-13-18-9-19(14-30)11-20(10-18)15-30/h1-6,8,12,17-20,26H,7,9-11,13-16H2,(H,33,35). The molecular formula is C30H30N4OS. The Bertz CT molecular complexity index is 1350. The lowest BCUT2D eigenvalue weighted by Crippen LogP contribution is -2.48. The van der Waals surface area contributed by atoms with E-state index < -0.39 is 0 Å². The van der Waals surface area contributed by atoms with Crippen molar-refractivity contribution in [3.05, 3.63) is 64.8 Å². The van der Waals surface area contributed by atoms with Crippen molar-refractivity contribution >= 4 is 35.0 Å². The van der Waals surface area contributed by atoms with Crippen molar-refractivity contribution in [3.8, 4) is 10.4 Å². The van der Waals surface area contributed by atoms with Gasteiger partial charge in [-0.2, -0.15) is 0 Å². The number of aliphatic imine (C=N–C) groups is 1. The van der Waals surface area contributed by atoms with Crippen LogP contribution in [0.4, 0.5) is 16.2 Å². The molecule has 4 aliphatic carbocycles.